The monoisotopic (exact) mass is 189 g/mol. The Morgan fingerprint density at radius 2 is 2.07 bits per heavy atom. The zero-order chi connectivity index (χ0) is 10.2. The second-order valence-corrected chi connectivity index (χ2v) is 2.97. The third-order valence-corrected chi connectivity index (χ3v) is 1.88. The lowest BCUT2D eigenvalue weighted by Crippen LogP contribution is -2.13. The van der Waals surface area contributed by atoms with Crippen LogP contribution in [0.1, 0.15) is 12.0 Å². The largest absolute Gasteiger partial charge is 0.297 e. The van der Waals surface area contributed by atoms with E-state index in [4.69, 9.17) is 10.7 Å². The van der Waals surface area contributed by atoms with Crippen LogP contribution in [0.4, 0.5) is 0 Å². The molecule has 1 aromatic carbocycles. The van der Waals surface area contributed by atoms with Gasteiger partial charge in [-0.2, -0.15) is 0 Å². The number of hydrogen-bond donors (Lipinski definition) is 1. The summed E-state index contributed by atoms with van der Waals surface area (Å²) in [7, 11) is 0. The summed E-state index contributed by atoms with van der Waals surface area (Å²) < 4.78 is 0. The zero-order valence-corrected chi connectivity index (χ0v) is 8.10. The van der Waals surface area contributed by atoms with Crippen molar-refractivity contribution in [3.05, 3.63) is 54.6 Å². The third-order valence-electron chi connectivity index (χ3n) is 1.88. The highest BCUT2D eigenvalue weighted by Gasteiger charge is 1.98. The summed E-state index contributed by atoms with van der Waals surface area (Å²) in [5.74, 6) is 5.12. The smallest absolute Gasteiger partial charge is 0.101 e. The molecule has 0 aliphatic heterocycles. The Bertz CT molecular complexity index is 292. The van der Waals surface area contributed by atoms with Crippen LogP contribution in [0.3, 0.4) is 0 Å². The predicted molar refractivity (Wildman–Crippen MR) is 59.4 cm³/mol. The minimum absolute atomic E-state index is 0.0901. The van der Waals surface area contributed by atoms with E-state index >= 15 is 0 Å². The van der Waals surface area contributed by atoms with E-state index in [2.05, 4.69) is 6.58 Å². The van der Waals surface area contributed by atoms with Gasteiger partial charge in [-0.1, -0.05) is 48.6 Å². The second-order valence-electron chi connectivity index (χ2n) is 2.97. The normalized spacial score (nSPS) is 12.9. The van der Waals surface area contributed by atoms with Crippen LogP contribution in [0, 0.1) is 0 Å². The molecule has 1 aromatic rings. The van der Waals surface area contributed by atoms with E-state index in [0.717, 1.165) is 12.0 Å². The maximum absolute atomic E-state index is 5.12. The molecule has 0 amide bonds. The van der Waals surface area contributed by atoms with E-state index in [1.807, 2.05) is 42.5 Å². The molecule has 0 saturated carbocycles. The van der Waals surface area contributed by atoms with Crippen LogP contribution in [0.25, 0.3) is 6.08 Å². The molecule has 14 heavy (non-hydrogen) atoms. The second kappa shape index (κ2) is 6.13. The molecule has 0 fully saturated rings. The quantitative estimate of drug-likeness (QED) is 0.570. The average Bonchev–Trinajstić information content (AvgIpc) is 2.25. The van der Waals surface area contributed by atoms with Gasteiger partial charge in [0.05, 0.1) is 0 Å². The van der Waals surface area contributed by atoms with Gasteiger partial charge in [0.2, 0.25) is 0 Å². The maximum Gasteiger partial charge on any atom is 0.101 e. The number of hydrogen-bond acceptors (Lipinski definition) is 2. The fraction of sp³-hybridized carbons (Fsp3) is 0.167. The van der Waals surface area contributed by atoms with Crippen molar-refractivity contribution in [3.63, 3.8) is 0 Å². The average molecular weight is 189 g/mol. The lowest BCUT2D eigenvalue weighted by molar-refractivity contribution is 0.0893. The van der Waals surface area contributed by atoms with Crippen molar-refractivity contribution >= 4 is 6.08 Å². The summed E-state index contributed by atoms with van der Waals surface area (Å²) >= 11 is 0. The summed E-state index contributed by atoms with van der Waals surface area (Å²) in [5, 5.41) is 0. The van der Waals surface area contributed by atoms with Crippen molar-refractivity contribution in [2.75, 3.05) is 0 Å². The van der Waals surface area contributed by atoms with Crippen LogP contribution < -0.4 is 5.90 Å². The first-order chi connectivity index (χ1) is 6.86. The lowest BCUT2D eigenvalue weighted by atomic mass is 10.1. The molecule has 0 heterocycles. The van der Waals surface area contributed by atoms with Crippen LogP contribution >= 0.6 is 0 Å². The maximum atomic E-state index is 5.12. The predicted octanol–water partition coefficient (Wildman–Crippen LogP) is 2.53. The van der Waals surface area contributed by atoms with E-state index < -0.39 is 0 Å². The fourth-order valence-electron chi connectivity index (χ4n) is 1.13. The van der Waals surface area contributed by atoms with Crippen LogP contribution in [-0.2, 0) is 4.84 Å². The van der Waals surface area contributed by atoms with Gasteiger partial charge in [-0.05, 0) is 12.0 Å². The zero-order valence-electron chi connectivity index (χ0n) is 8.10. The molecule has 2 nitrogen and oxygen atoms in total. The van der Waals surface area contributed by atoms with Gasteiger partial charge in [0.25, 0.3) is 0 Å². The van der Waals surface area contributed by atoms with Gasteiger partial charge in [-0.25, -0.2) is 5.90 Å². The number of benzene rings is 1. The molecular formula is C12H15NO. The molecule has 0 aromatic heterocycles. The van der Waals surface area contributed by atoms with Gasteiger partial charge in [0, 0.05) is 0 Å². The molecule has 1 atom stereocenters. The third kappa shape index (κ3) is 3.56. The SMILES string of the molecule is C=CCC(/C=C/c1ccccc1)ON. The Labute approximate surface area is 84.6 Å². The Balaban J connectivity index is 2.57. The molecule has 1 unspecified atom stereocenters. The highest BCUT2D eigenvalue weighted by molar-refractivity contribution is 5.49. The van der Waals surface area contributed by atoms with Gasteiger partial charge in [0.15, 0.2) is 0 Å². The van der Waals surface area contributed by atoms with Gasteiger partial charge in [-0.15, -0.1) is 6.58 Å². The first-order valence-electron chi connectivity index (χ1n) is 4.56. The van der Waals surface area contributed by atoms with Crippen LogP contribution in [0.2, 0.25) is 0 Å². The molecule has 0 bridgehead atoms. The molecule has 0 radical (unpaired) electrons. The molecule has 0 aliphatic rings. The van der Waals surface area contributed by atoms with E-state index in [0.29, 0.717) is 0 Å². The molecule has 2 N–H and O–H groups in total. The van der Waals surface area contributed by atoms with E-state index in [1.165, 1.54) is 0 Å². The molecule has 1 rings (SSSR count). The van der Waals surface area contributed by atoms with Crippen LogP contribution in [0.5, 0.6) is 0 Å². The van der Waals surface area contributed by atoms with Gasteiger partial charge in [-0.3, -0.25) is 4.84 Å². The summed E-state index contributed by atoms with van der Waals surface area (Å²) in [6, 6.07) is 10.0. The highest BCUT2D eigenvalue weighted by Crippen LogP contribution is 2.05. The Kier molecular flexibility index (Phi) is 4.69. The summed E-state index contributed by atoms with van der Waals surface area (Å²) in [6.45, 7) is 3.63. The Morgan fingerprint density at radius 1 is 1.36 bits per heavy atom. The topological polar surface area (TPSA) is 35.2 Å². The number of nitrogens with two attached hydrogens (primary N) is 1. The standard InChI is InChI=1S/C12H15NO/c1-2-6-12(14-13)10-9-11-7-4-3-5-8-11/h2-5,7-10,12H,1,6,13H2/b10-9+. The van der Waals surface area contributed by atoms with Crippen molar-refractivity contribution < 1.29 is 4.84 Å². The van der Waals surface area contributed by atoms with E-state index in [1.54, 1.807) is 6.08 Å². The van der Waals surface area contributed by atoms with Gasteiger partial charge in [0.1, 0.15) is 6.10 Å². The van der Waals surface area contributed by atoms with Crippen LogP contribution in [-0.4, -0.2) is 6.10 Å². The van der Waals surface area contributed by atoms with Gasteiger partial charge < -0.3 is 0 Å². The molecule has 0 saturated heterocycles. The van der Waals surface area contributed by atoms with Crippen LogP contribution in [0.15, 0.2) is 49.1 Å². The first-order valence-corrected chi connectivity index (χ1v) is 4.56. The Morgan fingerprint density at radius 3 is 2.64 bits per heavy atom. The lowest BCUT2D eigenvalue weighted by Gasteiger charge is -2.05. The molecule has 2 heteroatoms. The Hall–Kier alpha value is -1.38. The summed E-state index contributed by atoms with van der Waals surface area (Å²) in [4.78, 5) is 4.75. The minimum Gasteiger partial charge on any atom is -0.297 e. The van der Waals surface area contributed by atoms with E-state index in [-0.39, 0.29) is 6.10 Å². The fourth-order valence-corrected chi connectivity index (χ4v) is 1.13. The minimum atomic E-state index is -0.0901. The van der Waals surface area contributed by atoms with Gasteiger partial charge >= 0.3 is 0 Å². The van der Waals surface area contributed by atoms with E-state index in [9.17, 15) is 0 Å². The molecule has 74 valence electrons. The van der Waals surface area contributed by atoms with Crippen molar-refractivity contribution in [2.45, 2.75) is 12.5 Å². The molecule has 0 spiro atoms. The van der Waals surface area contributed by atoms with Crippen molar-refractivity contribution in [1.82, 2.24) is 0 Å². The van der Waals surface area contributed by atoms with Crippen molar-refractivity contribution in [3.8, 4) is 0 Å². The first kappa shape index (κ1) is 10.7. The highest BCUT2D eigenvalue weighted by atomic mass is 16.6. The molecular weight excluding hydrogens is 174 g/mol. The number of rotatable bonds is 5. The molecule has 0 aliphatic carbocycles. The summed E-state index contributed by atoms with van der Waals surface area (Å²) in [5.41, 5.74) is 1.14. The summed E-state index contributed by atoms with van der Waals surface area (Å²) in [6.07, 6.45) is 6.33. The van der Waals surface area contributed by atoms with Crippen molar-refractivity contribution in [1.29, 1.82) is 0 Å². The van der Waals surface area contributed by atoms with Crippen molar-refractivity contribution in [2.24, 2.45) is 5.90 Å².